The van der Waals surface area contributed by atoms with Crippen LogP contribution in [0.1, 0.15) is 51.4 Å². The summed E-state index contributed by atoms with van der Waals surface area (Å²) in [6.07, 6.45) is 9.52. The Labute approximate surface area is 103 Å². The van der Waals surface area contributed by atoms with Crippen LogP contribution < -0.4 is 0 Å². The summed E-state index contributed by atoms with van der Waals surface area (Å²) < 4.78 is 11.3. The van der Waals surface area contributed by atoms with Gasteiger partial charge in [0.05, 0.1) is 18.3 Å². The van der Waals surface area contributed by atoms with Gasteiger partial charge in [-0.1, -0.05) is 0 Å². The highest BCUT2D eigenvalue weighted by molar-refractivity contribution is 5.82. The summed E-state index contributed by atoms with van der Waals surface area (Å²) in [7, 11) is 0. The van der Waals surface area contributed by atoms with Crippen molar-refractivity contribution in [3.63, 3.8) is 0 Å². The van der Waals surface area contributed by atoms with Crippen molar-refractivity contribution in [1.29, 1.82) is 0 Å². The van der Waals surface area contributed by atoms with E-state index in [9.17, 15) is 4.79 Å². The van der Waals surface area contributed by atoms with Crippen molar-refractivity contribution in [3.8, 4) is 0 Å². The number of ketones is 1. The fourth-order valence-corrected chi connectivity index (χ4v) is 3.54. The van der Waals surface area contributed by atoms with E-state index in [2.05, 4.69) is 0 Å². The van der Waals surface area contributed by atoms with Gasteiger partial charge < -0.3 is 9.47 Å². The number of ether oxygens (including phenoxy) is 2. The lowest BCUT2D eigenvalue weighted by molar-refractivity contribution is -0.124. The van der Waals surface area contributed by atoms with Crippen LogP contribution >= 0.6 is 0 Å². The molecule has 96 valence electrons. The Hall–Kier alpha value is -0.410. The molecule has 0 amide bonds. The van der Waals surface area contributed by atoms with E-state index >= 15 is 0 Å². The largest absolute Gasteiger partial charge is 0.378 e. The van der Waals surface area contributed by atoms with Crippen molar-refractivity contribution in [2.45, 2.75) is 69.7 Å². The molecule has 0 aromatic rings. The Balaban J connectivity index is 1.38. The van der Waals surface area contributed by atoms with Gasteiger partial charge in [-0.2, -0.15) is 0 Å². The molecule has 17 heavy (non-hydrogen) atoms. The molecule has 0 aromatic carbocycles. The number of rotatable bonds is 5. The SMILES string of the molecule is O=C(CCCC1CCCO1)C1CC2CCC1O2. The molecule has 3 aliphatic rings. The summed E-state index contributed by atoms with van der Waals surface area (Å²) in [5.74, 6) is 0.661. The fourth-order valence-electron chi connectivity index (χ4n) is 3.54. The van der Waals surface area contributed by atoms with Gasteiger partial charge in [0.25, 0.3) is 0 Å². The van der Waals surface area contributed by atoms with E-state index in [1.807, 2.05) is 0 Å². The Bertz CT molecular complexity index is 283. The lowest BCUT2D eigenvalue weighted by Gasteiger charge is -2.17. The van der Waals surface area contributed by atoms with Crippen LogP contribution in [-0.4, -0.2) is 30.7 Å². The minimum absolute atomic E-state index is 0.221. The summed E-state index contributed by atoms with van der Waals surface area (Å²) in [4.78, 5) is 12.1. The van der Waals surface area contributed by atoms with E-state index in [0.29, 0.717) is 18.0 Å². The average molecular weight is 238 g/mol. The average Bonchev–Trinajstić information content (AvgIpc) is 3.05. The lowest BCUT2D eigenvalue weighted by atomic mass is 9.84. The van der Waals surface area contributed by atoms with E-state index in [1.54, 1.807) is 0 Å². The van der Waals surface area contributed by atoms with Gasteiger partial charge in [0, 0.05) is 18.9 Å². The number of Topliss-reactive ketones (excluding diaryl/α,β-unsaturated/α-hetero) is 1. The fraction of sp³-hybridized carbons (Fsp3) is 0.929. The molecule has 0 aromatic heterocycles. The molecule has 3 heterocycles. The Morgan fingerprint density at radius 2 is 2.18 bits per heavy atom. The second-order valence-electron chi connectivity index (χ2n) is 5.71. The van der Waals surface area contributed by atoms with Crippen LogP contribution in [0, 0.1) is 5.92 Å². The summed E-state index contributed by atoms with van der Waals surface area (Å²) in [5.41, 5.74) is 0. The van der Waals surface area contributed by atoms with Gasteiger partial charge in [-0.25, -0.2) is 0 Å². The van der Waals surface area contributed by atoms with Crippen LogP contribution in [0.3, 0.4) is 0 Å². The van der Waals surface area contributed by atoms with Gasteiger partial charge in [0.2, 0.25) is 0 Å². The third kappa shape index (κ3) is 2.55. The van der Waals surface area contributed by atoms with Gasteiger partial charge in [0.15, 0.2) is 0 Å². The minimum Gasteiger partial charge on any atom is -0.378 e. The van der Waals surface area contributed by atoms with E-state index in [1.165, 1.54) is 19.3 Å². The summed E-state index contributed by atoms with van der Waals surface area (Å²) in [6, 6.07) is 0. The molecule has 3 fully saturated rings. The first-order valence-corrected chi connectivity index (χ1v) is 7.12. The zero-order valence-electron chi connectivity index (χ0n) is 10.4. The van der Waals surface area contributed by atoms with Crippen LogP contribution in [0.5, 0.6) is 0 Å². The maximum atomic E-state index is 12.1. The summed E-state index contributed by atoms with van der Waals surface area (Å²) >= 11 is 0. The first-order valence-electron chi connectivity index (χ1n) is 7.12. The molecule has 0 N–H and O–H groups in total. The third-order valence-electron chi connectivity index (χ3n) is 4.49. The second-order valence-corrected chi connectivity index (χ2v) is 5.71. The normalized spacial score (nSPS) is 40.0. The van der Waals surface area contributed by atoms with Crippen LogP contribution in [-0.2, 0) is 14.3 Å². The summed E-state index contributed by atoms with van der Waals surface area (Å²) in [5, 5.41) is 0. The van der Waals surface area contributed by atoms with E-state index in [0.717, 1.165) is 38.7 Å². The van der Waals surface area contributed by atoms with Crippen LogP contribution in [0.15, 0.2) is 0 Å². The number of carbonyl (C=O) groups excluding carboxylic acids is 1. The van der Waals surface area contributed by atoms with E-state index in [-0.39, 0.29) is 12.0 Å². The topological polar surface area (TPSA) is 35.5 Å². The Morgan fingerprint density at radius 1 is 1.24 bits per heavy atom. The maximum absolute atomic E-state index is 12.1. The molecule has 4 unspecified atom stereocenters. The van der Waals surface area contributed by atoms with Gasteiger partial charge in [-0.3, -0.25) is 4.79 Å². The zero-order chi connectivity index (χ0) is 11.7. The molecule has 4 atom stereocenters. The minimum atomic E-state index is 0.221. The molecule has 2 bridgehead atoms. The van der Waals surface area contributed by atoms with Crippen molar-refractivity contribution < 1.29 is 14.3 Å². The van der Waals surface area contributed by atoms with Crippen molar-refractivity contribution in [2.24, 2.45) is 5.92 Å². The van der Waals surface area contributed by atoms with Crippen molar-refractivity contribution in [2.75, 3.05) is 6.61 Å². The monoisotopic (exact) mass is 238 g/mol. The van der Waals surface area contributed by atoms with Crippen LogP contribution in [0.4, 0.5) is 0 Å². The maximum Gasteiger partial charge on any atom is 0.138 e. The van der Waals surface area contributed by atoms with Crippen molar-refractivity contribution >= 4 is 5.78 Å². The molecule has 3 aliphatic heterocycles. The highest BCUT2D eigenvalue weighted by Gasteiger charge is 2.43. The molecule has 3 nitrogen and oxygen atoms in total. The first kappa shape index (κ1) is 11.7. The van der Waals surface area contributed by atoms with Crippen molar-refractivity contribution in [1.82, 2.24) is 0 Å². The highest BCUT2D eigenvalue weighted by atomic mass is 16.5. The van der Waals surface area contributed by atoms with E-state index in [4.69, 9.17) is 9.47 Å². The standard InChI is InChI=1S/C14H22O3/c15-13(5-1-3-10-4-2-8-16-10)12-9-11-6-7-14(12)17-11/h10-12,14H,1-9H2. The predicted octanol–water partition coefficient (Wildman–Crippen LogP) is 2.47. The quantitative estimate of drug-likeness (QED) is 0.738. The van der Waals surface area contributed by atoms with Gasteiger partial charge in [-0.05, 0) is 44.9 Å². The Kier molecular flexibility index (Phi) is 3.48. The van der Waals surface area contributed by atoms with Crippen molar-refractivity contribution in [3.05, 3.63) is 0 Å². The second kappa shape index (κ2) is 5.07. The number of hydrogen-bond donors (Lipinski definition) is 0. The highest BCUT2D eigenvalue weighted by Crippen LogP contribution is 2.39. The van der Waals surface area contributed by atoms with E-state index < -0.39 is 0 Å². The molecule has 3 heteroatoms. The predicted molar refractivity (Wildman–Crippen MR) is 63.8 cm³/mol. The van der Waals surface area contributed by atoms with Crippen LogP contribution in [0.2, 0.25) is 0 Å². The number of fused-ring (bicyclic) bond motifs is 2. The Morgan fingerprint density at radius 3 is 2.82 bits per heavy atom. The van der Waals surface area contributed by atoms with Gasteiger partial charge >= 0.3 is 0 Å². The zero-order valence-corrected chi connectivity index (χ0v) is 10.4. The third-order valence-corrected chi connectivity index (χ3v) is 4.49. The molecular weight excluding hydrogens is 216 g/mol. The van der Waals surface area contributed by atoms with Gasteiger partial charge in [0.1, 0.15) is 5.78 Å². The van der Waals surface area contributed by atoms with Gasteiger partial charge in [-0.15, -0.1) is 0 Å². The van der Waals surface area contributed by atoms with Crippen LogP contribution in [0.25, 0.3) is 0 Å². The molecule has 3 saturated heterocycles. The molecule has 0 aliphatic carbocycles. The first-order chi connectivity index (χ1) is 8.33. The molecule has 0 saturated carbocycles. The molecular formula is C14H22O3. The molecule has 0 spiro atoms. The molecule has 3 rings (SSSR count). The molecule has 0 radical (unpaired) electrons. The summed E-state index contributed by atoms with van der Waals surface area (Å²) in [6.45, 7) is 0.916. The lowest BCUT2D eigenvalue weighted by Crippen LogP contribution is -2.25. The number of hydrogen-bond acceptors (Lipinski definition) is 3. The smallest absolute Gasteiger partial charge is 0.138 e. The number of carbonyl (C=O) groups is 1.